The van der Waals surface area contributed by atoms with Crippen molar-refractivity contribution >= 4 is 29.4 Å². The van der Waals surface area contributed by atoms with E-state index in [0.29, 0.717) is 10.6 Å². The van der Waals surface area contributed by atoms with Crippen molar-refractivity contribution < 1.29 is 24.2 Å². The molecule has 22 heavy (non-hydrogen) atoms. The highest BCUT2D eigenvalue weighted by atomic mass is 35.5. The zero-order chi connectivity index (χ0) is 16.7. The standard InChI is InChI=1S/C15H18ClNO5/c1-3-22-12(18)8-9(2)13(15(20)21)17-14(19)10-4-6-11(16)7-5-10/h4-7,9,13H,3,8H2,1-2H3,(H,17,19)(H,20,21)/t9-,13+/m1/s1. The zero-order valence-electron chi connectivity index (χ0n) is 12.3. The maximum Gasteiger partial charge on any atom is 0.326 e. The maximum atomic E-state index is 12.1. The third-order valence-electron chi connectivity index (χ3n) is 3.02. The first-order chi connectivity index (χ1) is 10.3. The van der Waals surface area contributed by atoms with Crippen LogP contribution in [0.4, 0.5) is 0 Å². The number of ether oxygens (including phenoxy) is 1. The van der Waals surface area contributed by atoms with Crippen LogP contribution in [-0.2, 0) is 14.3 Å². The first kappa shape index (κ1) is 18.0. The Hall–Kier alpha value is -2.08. The lowest BCUT2D eigenvalue weighted by molar-refractivity contribution is -0.145. The van der Waals surface area contributed by atoms with Crippen LogP contribution in [0, 0.1) is 5.92 Å². The molecule has 120 valence electrons. The van der Waals surface area contributed by atoms with Gasteiger partial charge in [0, 0.05) is 10.6 Å². The van der Waals surface area contributed by atoms with E-state index in [0.717, 1.165) is 0 Å². The summed E-state index contributed by atoms with van der Waals surface area (Å²) in [7, 11) is 0. The summed E-state index contributed by atoms with van der Waals surface area (Å²) >= 11 is 5.73. The Bertz CT molecular complexity index is 543. The van der Waals surface area contributed by atoms with Crippen LogP contribution >= 0.6 is 11.6 Å². The summed E-state index contributed by atoms with van der Waals surface area (Å²) in [4.78, 5) is 34.8. The van der Waals surface area contributed by atoms with Crippen molar-refractivity contribution in [2.24, 2.45) is 5.92 Å². The van der Waals surface area contributed by atoms with E-state index in [1.165, 1.54) is 24.3 Å². The van der Waals surface area contributed by atoms with Gasteiger partial charge in [0.05, 0.1) is 13.0 Å². The molecule has 0 aromatic heterocycles. The molecule has 0 aliphatic rings. The van der Waals surface area contributed by atoms with Gasteiger partial charge in [-0.1, -0.05) is 18.5 Å². The number of carboxylic acid groups (broad SMARTS) is 1. The van der Waals surface area contributed by atoms with Crippen LogP contribution in [0.5, 0.6) is 0 Å². The molecule has 0 unspecified atom stereocenters. The highest BCUT2D eigenvalue weighted by molar-refractivity contribution is 6.30. The van der Waals surface area contributed by atoms with Crippen LogP contribution in [0.15, 0.2) is 24.3 Å². The van der Waals surface area contributed by atoms with E-state index in [1.54, 1.807) is 13.8 Å². The van der Waals surface area contributed by atoms with Crippen molar-refractivity contribution in [2.45, 2.75) is 26.3 Å². The number of carbonyl (C=O) groups excluding carboxylic acids is 2. The van der Waals surface area contributed by atoms with Crippen molar-refractivity contribution in [3.05, 3.63) is 34.9 Å². The van der Waals surface area contributed by atoms with Crippen LogP contribution in [0.25, 0.3) is 0 Å². The molecule has 0 radical (unpaired) electrons. The monoisotopic (exact) mass is 327 g/mol. The van der Waals surface area contributed by atoms with E-state index in [9.17, 15) is 19.5 Å². The van der Waals surface area contributed by atoms with Gasteiger partial charge in [0.2, 0.25) is 0 Å². The van der Waals surface area contributed by atoms with Crippen LogP contribution in [0.1, 0.15) is 30.6 Å². The molecule has 0 fully saturated rings. The highest BCUT2D eigenvalue weighted by Gasteiger charge is 2.28. The molecule has 6 nitrogen and oxygen atoms in total. The summed E-state index contributed by atoms with van der Waals surface area (Å²) in [5.74, 6) is -2.85. The smallest absolute Gasteiger partial charge is 0.326 e. The van der Waals surface area contributed by atoms with E-state index in [4.69, 9.17) is 16.3 Å². The Morgan fingerprint density at radius 3 is 2.36 bits per heavy atom. The van der Waals surface area contributed by atoms with Gasteiger partial charge in [0.15, 0.2) is 0 Å². The second-order valence-corrected chi connectivity index (χ2v) is 5.22. The molecule has 2 atom stereocenters. The van der Waals surface area contributed by atoms with Crippen molar-refractivity contribution in [1.82, 2.24) is 5.32 Å². The van der Waals surface area contributed by atoms with Crippen LogP contribution in [0.2, 0.25) is 5.02 Å². The molecule has 7 heteroatoms. The van der Waals surface area contributed by atoms with E-state index >= 15 is 0 Å². The second kappa shape index (κ2) is 8.38. The van der Waals surface area contributed by atoms with Gasteiger partial charge < -0.3 is 15.2 Å². The molecule has 2 N–H and O–H groups in total. The SMILES string of the molecule is CCOC(=O)C[C@@H](C)[C@H](NC(=O)c1ccc(Cl)cc1)C(=O)O. The van der Waals surface area contributed by atoms with Crippen LogP contribution < -0.4 is 5.32 Å². The molecule has 1 aromatic rings. The lowest BCUT2D eigenvalue weighted by Crippen LogP contribution is -2.45. The van der Waals surface area contributed by atoms with E-state index in [1.807, 2.05) is 0 Å². The lowest BCUT2D eigenvalue weighted by atomic mass is 9.98. The van der Waals surface area contributed by atoms with Crippen LogP contribution in [-0.4, -0.2) is 35.6 Å². The van der Waals surface area contributed by atoms with Gasteiger partial charge in [0.1, 0.15) is 6.04 Å². The fourth-order valence-corrected chi connectivity index (χ4v) is 2.00. The van der Waals surface area contributed by atoms with E-state index < -0.39 is 29.8 Å². The van der Waals surface area contributed by atoms with Crippen molar-refractivity contribution in [3.63, 3.8) is 0 Å². The third kappa shape index (κ3) is 5.37. The number of carboxylic acids is 1. The molecule has 0 saturated heterocycles. The summed E-state index contributed by atoms with van der Waals surface area (Å²) in [6.07, 6.45) is -0.0916. The van der Waals surface area contributed by atoms with Gasteiger partial charge >= 0.3 is 11.9 Å². The van der Waals surface area contributed by atoms with Crippen LogP contribution in [0.3, 0.4) is 0 Å². The fraction of sp³-hybridized carbons (Fsp3) is 0.400. The minimum atomic E-state index is -1.21. The van der Waals surface area contributed by atoms with Gasteiger partial charge in [-0.3, -0.25) is 9.59 Å². The lowest BCUT2D eigenvalue weighted by Gasteiger charge is -2.20. The Morgan fingerprint density at radius 1 is 1.27 bits per heavy atom. The van der Waals surface area contributed by atoms with Gasteiger partial charge in [-0.15, -0.1) is 0 Å². The first-order valence-corrected chi connectivity index (χ1v) is 7.17. The normalized spacial score (nSPS) is 13.0. The van der Waals surface area contributed by atoms with Crippen molar-refractivity contribution in [2.75, 3.05) is 6.61 Å². The Morgan fingerprint density at radius 2 is 1.86 bits per heavy atom. The van der Waals surface area contributed by atoms with E-state index in [-0.39, 0.29) is 13.0 Å². The topological polar surface area (TPSA) is 92.7 Å². The third-order valence-corrected chi connectivity index (χ3v) is 3.27. The molecule has 0 heterocycles. The molecular formula is C15H18ClNO5. The summed E-state index contributed by atoms with van der Waals surface area (Å²) in [5, 5.41) is 12.1. The molecule has 0 bridgehead atoms. The molecule has 1 amide bonds. The number of benzene rings is 1. The van der Waals surface area contributed by atoms with Crippen molar-refractivity contribution in [3.8, 4) is 0 Å². The first-order valence-electron chi connectivity index (χ1n) is 6.80. The highest BCUT2D eigenvalue weighted by Crippen LogP contribution is 2.13. The van der Waals surface area contributed by atoms with Crippen molar-refractivity contribution in [1.29, 1.82) is 0 Å². The summed E-state index contributed by atoms with van der Waals surface area (Å²) < 4.78 is 4.79. The quantitative estimate of drug-likeness (QED) is 0.748. The maximum absolute atomic E-state index is 12.1. The minimum absolute atomic E-state index is 0.0916. The van der Waals surface area contributed by atoms with Gasteiger partial charge in [-0.2, -0.15) is 0 Å². The Labute approximate surface area is 133 Å². The second-order valence-electron chi connectivity index (χ2n) is 4.78. The molecule has 0 aliphatic heterocycles. The number of amides is 1. The molecule has 1 rings (SSSR count). The van der Waals surface area contributed by atoms with E-state index in [2.05, 4.69) is 5.32 Å². The largest absolute Gasteiger partial charge is 0.480 e. The molecule has 0 saturated carbocycles. The summed E-state index contributed by atoms with van der Waals surface area (Å²) in [6, 6.07) is 4.87. The summed E-state index contributed by atoms with van der Waals surface area (Å²) in [6.45, 7) is 3.46. The predicted octanol–water partition coefficient (Wildman–Crippen LogP) is 2.11. The summed E-state index contributed by atoms with van der Waals surface area (Å²) in [5.41, 5.74) is 0.291. The molecule has 0 spiro atoms. The Kier molecular flexibility index (Phi) is 6.85. The van der Waals surface area contributed by atoms with Gasteiger partial charge in [-0.25, -0.2) is 4.79 Å². The van der Waals surface area contributed by atoms with Gasteiger partial charge in [0.25, 0.3) is 5.91 Å². The average molecular weight is 328 g/mol. The number of esters is 1. The fourth-order valence-electron chi connectivity index (χ4n) is 1.87. The molecular weight excluding hydrogens is 310 g/mol. The number of rotatable bonds is 7. The van der Waals surface area contributed by atoms with Gasteiger partial charge in [-0.05, 0) is 37.1 Å². The molecule has 1 aromatic carbocycles. The number of halogens is 1. The Balaban J connectivity index is 2.75. The number of aliphatic carboxylic acids is 1. The minimum Gasteiger partial charge on any atom is -0.480 e. The number of hydrogen-bond donors (Lipinski definition) is 2. The number of carbonyl (C=O) groups is 3. The predicted molar refractivity (Wildman–Crippen MR) is 80.8 cm³/mol. The zero-order valence-corrected chi connectivity index (χ0v) is 13.1. The molecule has 0 aliphatic carbocycles. The number of nitrogens with one attached hydrogen (secondary N) is 1. The average Bonchev–Trinajstić information content (AvgIpc) is 2.44. The number of hydrogen-bond acceptors (Lipinski definition) is 4.